The summed E-state index contributed by atoms with van der Waals surface area (Å²) in [5.41, 5.74) is 0.459. The van der Waals surface area contributed by atoms with Crippen LogP contribution >= 0.6 is 0 Å². The number of phenolic OH excluding ortho intramolecular Hbond substituents is 2. The summed E-state index contributed by atoms with van der Waals surface area (Å²) in [5.74, 6) is 0.117. The third-order valence-electron chi connectivity index (χ3n) is 2.06. The molecule has 0 saturated carbocycles. The Morgan fingerprint density at radius 3 is 2.36 bits per heavy atom. The molecule has 1 aromatic rings. The van der Waals surface area contributed by atoms with E-state index >= 15 is 0 Å². The van der Waals surface area contributed by atoms with Crippen LogP contribution in [0.25, 0.3) is 0 Å². The Balaban J connectivity index is 2.82. The van der Waals surface area contributed by atoms with Crippen LogP contribution in [0, 0.1) is 0 Å². The molecule has 0 aliphatic rings. The molecule has 0 aromatic heterocycles. The maximum atomic E-state index is 9.50. The van der Waals surface area contributed by atoms with Crippen molar-refractivity contribution in [2.75, 3.05) is 13.2 Å². The van der Waals surface area contributed by atoms with Crippen molar-refractivity contribution in [2.45, 2.75) is 13.0 Å². The molecule has 0 amide bonds. The first-order valence-electron chi connectivity index (χ1n) is 4.52. The minimum Gasteiger partial charge on any atom is -0.507 e. The molecule has 1 aromatic carbocycles. The fraction of sp³-hybridized carbons (Fsp3) is 0.400. The zero-order valence-electron chi connectivity index (χ0n) is 8.07. The molecule has 4 nitrogen and oxygen atoms in total. The molecule has 1 atom stereocenters. The minimum atomic E-state index is -0.191. The second-order valence-electron chi connectivity index (χ2n) is 3.11. The van der Waals surface area contributed by atoms with Gasteiger partial charge in [0, 0.05) is 12.6 Å². The number of aliphatic hydroxyl groups is 1. The summed E-state index contributed by atoms with van der Waals surface area (Å²) in [5, 5.41) is 30.6. The lowest BCUT2D eigenvalue weighted by molar-refractivity contribution is 0.284. The SMILES string of the molecule is CC(NCCO)c1c(O)cccc1O. The third-order valence-corrected chi connectivity index (χ3v) is 2.06. The fourth-order valence-corrected chi connectivity index (χ4v) is 1.37. The summed E-state index contributed by atoms with van der Waals surface area (Å²) in [6.45, 7) is 2.26. The number of hydrogen-bond donors (Lipinski definition) is 4. The van der Waals surface area contributed by atoms with E-state index in [1.54, 1.807) is 6.07 Å². The van der Waals surface area contributed by atoms with Crippen molar-refractivity contribution >= 4 is 0 Å². The molecule has 0 aliphatic carbocycles. The van der Waals surface area contributed by atoms with Gasteiger partial charge in [-0.05, 0) is 19.1 Å². The number of nitrogens with one attached hydrogen (secondary N) is 1. The van der Waals surface area contributed by atoms with E-state index in [1.165, 1.54) is 12.1 Å². The average Bonchev–Trinajstić information content (AvgIpc) is 2.14. The molecule has 4 heteroatoms. The highest BCUT2D eigenvalue weighted by atomic mass is 16.3. The molecule has 0 radical (unpaired) electrons. The number of aromatic hydroxyl groups is 2. The van der Waals surface area contributed by atoms with Gasteiger partial charge in [-0.1, -0.05) is 6.07 Å². The smallest absolute Gasteiger partial charge is 0.124 e. The largest absolute Gasteiger partial charge is 0.507 e. The second-order valence-corrected chi connectivity index (χ2v) is 3.11. The van der Waals surface area contributed by atoms with Gasteiger partial charge in [0.15, 0.2) is 0 Å². The van der Waals surface area contributed by atoms with E-state index in [4.69, 9.17) is 5.11 Å². The highest BCUT2D eigenvalue weighted by Gasteiger charge is 2.13. The Morgan fingerprint density at radius 1 is 1.29 bits per heavy atom. The summed E-state index contributed by atoms with van der Waals surface area (Å²) in [6.07, 6.45) is 0. The molecule has 0 spiro atoms. The van der Waals surface area contributed by atoms with E-state index in [2.05, 4.69) is 5.32 Å². The molecule has 0 bridgehead atoms. The first kappa shape index (κ1) is 10.8. The Morgan fingerprint density at radius 2 is 1.86 bits per heavy atom. The molecule has 1 rings (SSSR count). The van der Waals surface area contributed by atoms with Crippen molar-refractivity contribution in [3.8, 4) is 11.5 Å². The first-order chi connectivity index (χ1) is 6.66. The minimum absolute atomic E-state index is 0.0265. The normalized spacial score (nSPS) is 12.7. The van der Waals surface area contributed by atoms with Crippen molar-refractivity contribution in [1.29, 1.82) is 0 Å². The number of aliphatic hydroxyl groups excluding tert-OH is 1. The molecular formula is C10H15NO3. The number of hydrogen-bond acceptors (Lipinski definition) is 4. The van der Waals surface area contributed by atoms with Gasteiger partial charge in [0.2, 0.25) is 0 Å². The van der Waals surface area contributed by atoms with Crippen LogP contribution in [0.15, 0.2) is 18.2 Å². The molecule has 1 unspecified atom stereocenters. The van der Waals surface area contributed by atoms with Crippen LogP contribution in [0.3, 0.4) is 0 Å². The van der Waals surface area contributed by atoms with Crippen molar-refractivity contribution in [1.82, 2.24) is 5.32 Å². The van der Waals surface area contributed by atoms with Gasteiger partial charge in [-0.2, -0.15) is 0 Å². The molecule has 0 heterocycles. The van der Waals surface area contributed by atoms with Gasteiger partial charge in [0.05, 0.1) is 12.2 Å². The first-order valence-corrected chi connectivity index (χ1v) is 4.52. The lowest BCUT2D eigenvalue weighted by Crippen LogP contribution is -2.22. The highest BCUT2D eigenvalue weighted by molar-refractivity contribution is 5.44. The van der Waals surface area contributed by atoms with Crippen molar-refractivity contribution < 1.29 is 15.3 Å². The van der Waals surface area contributed by atoms with E-state index in [0.29, 0.717) is 12.1 Å². The standard InChI is InChI=1S/C10H15NO3/c1-7(11-5-6-12)10-8(13)3-2-4-9(10)14/h2-4,7,11-14H,5-6H2,1H3. The lowest BCUT2D eigenvalue weighted by atomic mass is 10.1. The molecule has 78 valence electrons. The summed E-state index contributed by atoms with van der Waals surface area (Å²) >= 11 is 0. The van der Waals surface area contributed by atoms with Crippen molar-refractivity contribution in [3.63, 3.8) is 0 Å². The topological polar surface area (TPSA) is 72.7 Å². The van der Waals surface area contributed by atoms with E-state index in [-0.39, 0.29) is 24.1 Å². The summed E-state index contributed by atoms with van der Waals surface area (Å²) < 4.78 is 0. The Bertz CT molecular complexity index is 281. The molecule has 0 saturated heterocycles. The summed E-state index contributed by atoms with van der Waals surface area (Å²) in [4.78, 5) is 0. The van der Waals surface area contributed by atoms with Crippen LogP contribution in [0.2, 0.25) is 0 Å². The van der Waals surface area contributed by atoms with Crippen LogP contribution in [-0.2, 0) is 0 Å². The van der Waals surface area contributed by atoms with Crippen LogP contribution < -0.4 is 5.32 Å². The van der Waals surface area contributed by atoms with Crippen LogP contribution in [0.5, 0.6) is 11.5 Å². The second kappa shape index (κ2) is 4.83. The Labute approximate surface area is 82.8 Å². The van der Waals surface area contributed by atoms with Gasteiger partial charge in [0.1, 0.15) is 11.5 Å². The van der Waals surface area contributed by atoms with Crippen molar-refractivity contribution in [2.24, 2.45) is 0 Å². The quantitative estimate of drug-likeness (QED) is 0.574. The molecule has 0 aliphatic heterocycles. The summed E-state index contributed by atoms with van der Waals surface area (Å²) in [6, 6.07) is 4.43. The monoisotopic (exact) mass is 197 g/mol. The van der Waals surface area contributed by atoms with E-state index < -0.39 is 0 Å². The van der Waals surface area contributed by atoms with Gasteiger partial charge in [-0.25, -0.2) is 0 Å². The summed E-state index contributed by atoms with van der Waals surface area (Å²) in [7, 11) is 0. The Kier molecular flexibility index (Phi) is 3.73. The van der Waals surface area contributed by atoms with Crippen LogP contribution in [0.1, 0.15) is 18.5 Å². The molecule has 14 heavy (non-hydrogen) atoms. The number of rotatable bonds is 4. The van der Waals surface area contributed by atoms with Gasteiger partial charge in [0.25, 0.3) is 0 Å². The molecule has 4 N–H and O–H groups in total. The van der Waals surface area contributed by atoms with E-state index in [9.17, 15) is 10.2 Å². The van der Waals surface area contributed by atoms with Crippen LogP contribution in [0.4, 0.5) is 0 Å². The van der Waals surface area contributed by atoms with Gasteiger partial charge >= 0.3 is 0 Å². The van der Waals surface area contributed by atoms with Gasteiger partial charge < -0.3 is 20.6 Å². The third kappa shape index (κ3) is 2.37. The number of benzene rings is 1. The van der Waals surface area contributed by atoms with Gasteiger partial charge in [-0.3, -0.25) is 0 Å². The number of phenols is 2. The zero-order valence-corrected chi connectivity index (χ0v) is 8.07. The fourth-order valence-electron chi connectivity index (χ4n) is 1.37. The van der Waals surface area contributed by atoms with Crippen molar-refractivity contribution in [3.05, 3.63) is 23.8 Å². The Hall–Kier alpha value is -1.26. The van der Waals surface area contributed by atoms with E-state index in [1.807, 2.05) is 6.92 Å². The average molecular weight is 197 g/mol. The molecular weight excluding hydrogens is 182 g/mol. The predicted molar refractivity (Wildman–Crippen MR) is 53.3 cm³/mol. The van der Waals surface area contributed by atoms with Gasteiger partial charge in [-0.15, -0.1) is 0 Å². The maximum Gasteiger partial charge on any atom is 0.124 e. The zero-order chi connectivity index (χ0) is 10.6. The molecule has 0 fully saturated rings. The van der Waals surface area contributed by atoms with E-state index in [0.717, 1.165) is 0 Å². The van der Waals surface area contributed by atoms with Crippen LogP contribution in [-0.4, -0.2) is 28.5 Å². The lowest BCUT2D eigenvalue weighted by Gasteiger charge is -2.15. The maximum absolute atomic E-state index is 9.50. The predicted octanol–water partition coefficient (Wildman–Crippen LogP) is 0.741. The highest BCUT2D eigenvalue weighted by Crippen LogP contribution is 2.31.